The van der Waals surface area contributed by atoms with Crippen LogP contribution in [0.25, 0.3) is 0 Å². The molecule has 0 saturated carbocycles. The minimum Gasteiger partial charge on any atom is -0.481 e. The molecule has 0 fully saturated rings. The van der Waals surface area contributed by atoms with Gasteiger partial charge in [-0.15, -0.1) is 0 Å². The van der Waals surface area contributed by atoms with Crippen LogP contribution in [0, 0.1) is 5.82 Å². The second-order valence-electron chi connectivity index (χ2n) is 3.67. The van der Waals surface area contributed by atoms with Crippen molar-refractivity contribution in [3.8, 4) is 0 Å². The van der Waals surface area contributed by atoms with E-state index < -0.39 is 11.8 Å². The van der Waals surface area contributed by atoms with Gasteiger partial charge in [-0.05, 0) is 18.2 Å². The van der Waals surface area contributed by atoms with Crippen LogP contribution in [0.4, 0.5) is 4.39 Å². The monoisotopic (exact) mass is 337 g/mol. The zero-order valence-corrected chi connectivity index (χ0v) is 12.8. The van der Waals surface area contributed by atoms with E-state index in [0.717, 1.165) is 6.07 Å². The van der Waals surface area contributed by atoms with Gasteiger partial charge in [0.2, 0.25) is 0 Å². The Morgan fingerprint density at radius 2 is 2.00 bits per heavy atom. The molecular weight excluding hydrogens is 325 g/mol. The summed E-state index contributed by atoms with van der Waals surface area (Å²) < 4.78 is 12.9. The zero-order chi connectivity index (χ0) is 15.0. The van der Waals surface area contributed by atoms with Gasteiger partial charge in [0.15, 0.2) is 0 Å². The summed E-state index contributed by atoms with van der Waals surface area (Å²) in [6, 6.07) is 3.79. The van der Waals surface area contributed by atoms with E-state index in [4.69, 9.17) is 16.7 Å². The van der Waals surface area contributed by atoms with Crippen LogP contribution in [0.15, 0.2) is 18.2 Å². The molecule has 0 aliphatic rings. The molecule has 0 radical (unpaired) electrons. The fourth-order valence-corrected chi connectivity index (χ4v) is 3.26. The summed E-state index contributed by atoms with van der Waals surface area (Å²) in [6.45, 7) is 0.443. The van der Waals surface area contributed by atoms with Gasteiger partial charge < -0.3 is 10.4 Å². The maximum absolute atomic E-state index is 12.9. The number of carbonyl (C=O) groups excluding carboxylic acids is 1. The molecular formula is C12H13ClFNO3S2. The number of halogens is 2. The summed E-state index contributed by atoms with van der Waals surface area (Å²) in [5, 5.41) is 11.0. The van der Waals surface area contributed by atoms with Crippen molar-refractivity contribution in [1.82, 2.24) is 5.32 Å². The topological polar surface area (TPSA) is 66.4 Å². The SMILES string of the molecule is O=C(O)CCSSCCNC(=O)c1ccc(F)c(Cl)c1. The summed E-state index contributed by atoms with van der Waals surface area (Å²) in [5.41, 5.74) is 0.305. The Hall–Kier alpha value is -0.920. The van der Waals surface area contributed by atoms with E-state index in [9.17, 15) is 14.0 Å². The molecule has 2 N–H and O–H groups in total. The number of hydrogen-bond donors (Lipinski definition) is 2. The second-order valence-corrected chi connectivity index (χ2v) is 6.78. The van der Waals surface area contributed by atoms with E-state index in [-0.39, 0.29) is 17.4 Å². The molecule has 1 aromatic rings. The number of nitrogens with one attached hydrogen (secondary N) is 1. The van der Waals surface area contributed by atoms with E-state index >= 15 is 0 Å². The molecule has 0 aliphatic carbocycles. The maximum atomic E-state index is 12.9. The number of rotatable bonds is 8. The predicted octanol–water partition coefficient (Wildman–Crippen LogP) is 3.07. The Labute approximate surface area is 128 Å². The molecule has 0 saturated heterocycles. The fraction of sp³-hybridized carbons (Fsp3) is 0.333. The third-order valence-electron chi connectivity index (χ3n) is 2.14. The number of carboxylic acid groups (broad SMARTS) is 1. The van der Waals surface area contributed by atoms with Gasteiger partial charge in [-0.25, -0.2) is 4.39 Å². The third-order valence-corrected chi connectivity index (χ3v) is 4.83. The van der Waals surface area contributed by atoms with E-state index in [1.807, 2.05) is 0 Å². The molecule has 0 heterocycles. The third kappa shape index (κ3) is 6.49. The van der Waals surface area contributed by atoms with Gasteiger partial charge in [0, 0.05) is 23.6 Å². The van der Waals surface area contributed by atoms with Crippen molar-refractivity contribution in [2.45, 2.75) is 6.42 Å². The van der Waals surface area contributed by atoms with Gasteiger partial charge in [0.1, 0.15) is 5.82 Å². The normalized spacial score (nSPS) is 10.3. The number of carboxylic acids is 1. The molecule has 110 valence electrons. The van der Waals surface area contributed by atoms with Crippen molar-refractivity contribution in [3.05, 3.63) is 34.6 Å². The minimum absolute atomic E-state index is 0.0868. The van der Waals surface area contributed by atoms with E-state index in [0.29, 0.717) is 23.6 Å². The van der Waals surface area contributed by atoms with Gasteiger partial charge in [-0.2, -0.15) is 0 Å². The Morgan fingerprint density at radius 1 is 1.30 bits per heavy atom. The molecule has 0 aromatic heterocycles. The average molecular weight is 338 g/mol. The molecule has 0 aliphatic heterocycles. The lowest BCUT2D eigenvalue weighted by atomic mass is 10.2. The van der Waals surface area contributed by atoms with Gasteiger partial charge in [0.25, 0.3) is 5.91 Å². The van der Waals surface area contributed by atoms with Crippen LogP contribution in [0.2, 0.25) is 5.02 Å². The molecule has 1 aromatic carbocycles. The highest BCUT2D eigenvalue weighted by Gasteiger charge is 2.08. The van der Waals surface area contributed by atoms with Crippen LogP contribution in [0.3, 0.4) is 0 Å². The maximum Gasteiger partial charge on any atom is 0.304 e. The van der Waals surface area contributed by atoms with Crippen molar-refractivity contribution < 1.29 is 19.1 Å². The van der Waals surface area contributed by atoms with E-state index in [1.165, 1.54) is 33.7 Å². The number of carbonyl (C=O) groups is 2. The minimum atomic E-state index is -0.820. The number of hydrogen-bond acceptors (Lipinski definition) is 4. The van der Waals surface area contributed by atoms with Crippen molar-refractivity contribution >= 4 is 45.1 Å². The van der Waals surface area contributed by atoms with Crippen LogP contribution < -0.4 is 5.32 Å². The predicted molar refractivity (Wildman–Crippen MR) is 80.9 cm³/mol. The largest absolute Gasteiger partial charge is 0.481 e. The van der Waals surface area contributed by atoms with Gasteiger partial charge in [0.05, 0.1) is 11.4 Å². The van der Waals surface area contributed by atoms with Crippen LogP contribution in [-0.2, 0) is 4.79 Å². The molecule has 1 rings (SSSR count). The van der Waals surface area contributed by atoms with E-state index in [2.05, 4.69) is 5.32 Å². The Balaban J connectivity index is 2.20. The molecule has 0 atom stereocenters. The Morgan fingerprint density at radius 3 is 2.65 bits per heavy atom. The Bertz CT molecular complexity index is 488. The Kier molecular flexibility index (Phi) is 7.79. The summed E-state index contributed by atoms with van der Waals surface area (Å²) in [4.78, 5) is 22.0. The summed E-state index contributed by atoms with van der Waals surface area (Å²) in [6.07, 6.45) is 0.123. The average Bonchev–Trinajstić information content (AvgIpc) is 2.40. The van der Waals surface area contributed by atoms with Gasteiger partial charge in [-0.1, -0.05) is 33.2 Å². The van der Waals surface area contributed by atoms with Crippen LogP contribution in [0.1, 0.15) is 16.8 Å². The van der Waals surface area contributed by atoms with Crippen molar-refractivity contribution in [1.29, 1.82) is 0 Å². The standard InChI is InChI=1S/C12H13ClFNO3S2/c13-9-7-8(1-2-10(9)14)12(18)15-4-6-20-19-5-3-11(16)17/h1-2,7H,3-6H2,(H,15,18)(H,16,17). The van der Waals surface area contributed by atoms with Crippen LogP contribution in [0.5, 0.6) is 0 Å². The molecule has 0 spiro atoms. The zero-order valence-electron chi connectivity index (χ0n) is 10.4. The molecule has 8 heteroatoms. The first-order chi connectivity index (χ1) is 9.50. The lowest BCUT2D eigenvalue weighted by molar-refractivity contribution is -0.136. The van der Waals surface area contributed by atoms with Crippen molar-refractivity contribution in [3.63, 3.8) is 0 Å². The first-order valence-corrected chi connectivity index (χ1v) is 8.56. The van der Waals surface area contributed by atoms with Gasteiger partial charge >= 0.3 is 5.97 Å². The van der Waals surface area contributed by atoms with E-state index in [1.54, 1.807) is 0 Å². The highest BCUT2D eigenvalue weighted by molar-refractivity contribution is 8.76. The fourth-order valence-electron chi connectivity index (χ4n) is 1.19. The van der Waals surface area contributed by atoms with Gasteiger partial charge in [-0.3, -0.25) is 9.59 Å². The quantitative estimate of drug-likeness (QED) is 0.563. The van der Waals surface area contributed by atoms with Crippen molar-refractivity contribution in [2.75, 3.05) is 18.1 Å². The molecule has 1 amide bonds. The smallest absolute Gasteiger partial charge is 0.304 e. The highest BCUT2D eigenvalue weighted by atomic mass is 35.5. The molecule has 0 bridgehead atoms. The lowest BCUT2D eigenvalue weighted by Crippen LogP contribution is -2.25. The van der Waals surface area contributed by atoms with Crippen LogP contribution in [-0.4, -0.2) is 35.0 Å². The lowest BCUT2D eigenvalue weighted by Gasteiger charge is -2.05. The summed E-state index contributed by atoms with van der Waals surface area (Å²) in [7, 11) is 2.94. The first kappa shape index (κ1) is 17.1. The number of aliphatic carboxylic acids is 1. The molecule has 4 nitrogen and oxygen atoms in total. The van der Waals surface area contributed by atoms with Crippen molar-refractivity contribution in [2.24, 2.45) is 0 Å². The molecule has 20 heavy (non-hydrogen) atoms. The summed E-state index contributed by atoms with van der Waals surface area (Å²) >= 11 is 5.59. The van der Waals surface area contributed by atoms with Crippen LogP contribution >= 0.6 is 33.2 Å². The number of amides is 1. The summed E-state index contributed by atoms with van der Waals surface area (Å²) in [5.74, 6) is -0.511. The number of benzene rings is 1. The molecule has 0 unspecified atom stereocenters. The second kappa shape index (κ2) is 9.10. The first-order valence-electron chi connectivity index (χ1n) is 5.70. The highest BCUT2D eigenvalue weighted by Crippen LogP contribution is 2.21.